The monoisotopic (exact) mass is 172 g/mol. The molecule has 1 rings (SSSR count). The molecule has 12 heavy (non-hydrogen) atoms. The molecule has 3 N–H and O–H groups in total. The van der Waals surface area contributed by atoms with Gasteiger partial charge in [-0.15, -0.1) is 0 Å². The molecule has 1 aliphatic rings. The van der Waals surface area contributed by atoms with E-state index < -0.39 is 5.54 Å². The van der Waals surface area contributed by atoms with E-state index in [1.807, 2.05) is 0 Å². The highest BCUT2D eigenvalue weighted by atomic mass is 16.5. The standard InChI is InChI=1S/C8H16N2O2/c1-10-8(5-12-2,7(9)11)6-3-4-6/h6,10H,3-5H2,1-2H3,(H2,9,11). The highest BCUT2D eigenvalue weighted by Gasteiger charge is 2.48. The Hall–Kier alpha value is -0.610. The van der Waals surface area contributed by atoms with Crippen LogP contribution < -0.4 is 11.1 Å². The van der Waals surface area contributed by atoms with Gasteiger partial charge >= 0.3 is 0 Å². The van der Waals surface area contributed by atoms with E-state index in [1.54, 1.807) is 14.2 Å². The number of ether oxygens (including phenoxy) is 1. The molecule has 0 saturated heterocycles. The number of carbonyl (C=O) groups is 1. The Bertz CT molecular complexity index is 180. The first kappa shape index (κ1) is 9.48. The zero-order valence-corrected chi connectivity index (χ0v) is 7.59. The summed E-state index contributed by atoms with van der Waals surface area (Å²) in [5.41, 5.74) is 4.70. The maximum atomic E-state index is 11.2. The minimum Gasteiger partial charge on any atom is -0.382 e. The van der Waals surface area contributed by atoms with Crippen LogP contribution in [0.3, 0.4) is 0 Å². The first-order valence-corrected chi connectivity index (χ1v) is 4.15. The van der Waals surface area contributed by atoms with Gasteiger partial charge in [0.15, 0.2) is 0 Å². The Morgan fingerprint density at radius 1 is 1.75 bits per heavy atom. The Kier molecular flexibility index (Phi) is 2.69. The van der Waals surface area contributed by atoms with Crippen molar-refractivity contribution in [3.05, 3.63) is 0 Å². The molecule has 1 amide bonds. The molecule has 4 nitrogen and oxygen atoms in total. The summed E-state index contributed by atoms with van der Waals surface area (Å²) in [6.45, 7) is 0.365. The average molecular weight is 172 g/mol. The number of carbonyl (C=O) groups excluding carboxylic acids is 1. The Morgan fingerprint density at radius 3 is 2.58 bits per heavy atom. The number of amides is 1. The van der Waals surface area contributed by atoms with E-state index in [0.29, 0.717) is 12.5 Å². The van der Waals surface area contributed by atoms with Gasteiger partial charge in [-0.3, -0.25) is 4.79 Å². The third kappa shape index (κ3) is 1.44. The lowest BCUT2D eigenvalue weighted by atomic mass is 9.93. The van der Waals surface area contributed by atoms with Crippen molar-refractivity contribution in [3.8, 4) is 0 Å². The third-order valence-electron chi connectivity index (χ3n) is 2.53. The fourth-order valence-electron chi connectivity index (χ4n) is 1.59. The number of primary amides is 1. The Morgan fingerprint density at radius 2 is 2.33 bits per heavy atom. The second kappa shape index (κ2) is 3.41. The molecule has 0 heterocycles. The Balaban J connectivity index is 2.71. The number of hydrogen-bond acceptors (Lipinski definition) is 3. The summed E-state index contributed by atoms with van der Waals surface area (Å²) in [6, 6.07) is 0. The van der Waals surface area contributed by atoms with Crippen LogP contribution in [0.25, 0.3) is 0 Å². The molecule has 0 aromatic heterocycles. The van der Waals surface area contributed by atoms with Crippen LogP contribution in [-0.2, 0) is 9.53 Å². The summed E-state index contributed by atoms with van der Waals surface area (Å²) in [5, 5.41) is 2.98. The second-order valence-corrected chi connectivity index (χ2v) is 3.29. The molecule has 70 valence electrons. The van der Waals surface area contributed by atoms with Crippen molar-refractivity contribution in [1.82, 2.24) is 5.32 Å². The smallest absolute Gasteiger partial charge is 0.240 e. The van der Waals surface area contributed by atoms with Crippen molar-refractivity contribution in [1.29, 1.82) is 0 Å². The van der Waals surface area contributed by atoms with Crippen molar-refractivity contribution in [2.45, 2.75) is 18.4 Å². The van der Waals surface area contributed by atoms with Gasteiger partial charge < -0.3 is 15.8 Å². The Labute approximate surface area is 72.5 Å². The summed E-state index contributed by atoms with van der Waals surface area (Å²) in [7, 11) is 3.33. The van der Waals surface area contributed by atoms with E-state index in [2.05, 4.69) is 5.32 Å². The zero-order valence-electron chi connectivity index (χ0n) is 7.59. The quantitative estimate of drug-likeness (QED) is 0.587. The topological polar surface area (TPSA) is 64.3 Å². The molecule has 1 aliphatic carbocycles. The van der Waals surface area contributed by atoms with Gasteiger partial charge in [-0.2, -0.15) is 0 Å². The lowest BCUT2D eigenvalue weighted by molar-refractivity contribution is -0.127. The fraction of sp³-hybridized carbons (Fsp3) is 0.875. The SMILES string of the molecule is CNC(COC)(C(N)=O)C1CC1. The molecule has 0 aliphatic heterocycles. The lowest BCUT2D eigenvalue weighted by Gasteiger charge is -2.29. The number of nitrogens with one attached hydrogen (secondary N) is 1. The molecule has 1 saturated carbocycles. The van der Waals surface area contributed by atoms with Crippen molar-refractivity contribution >= 4 is 5.91 Å². The van der Waals surface area contributed by atoms with Crippen molar-refractivity contribution < 1.29 is 9.53 Å². The van der Waals surface area contributed by atoms with Crippen LogP contribution in [0.2, 0.25) is 0 Å². The molecule has 0 aromatic rings. The molecular weight excluding hydrogens is 156 g/mol. The predicted octanol–water partition coefficient (Wildman–Crippen LogP) is -0.514. The van der Waals surface area contributed by atoms with Gasteiger partial charge in [-0.05, 0) is 25.8 Å². The molecular formula is C8H16N2O2. The molecule has 4 heteroatoms. The molecule has 0 spiro atoms. The molecule has 0 aromatic carbocycles. The van der Waals surface area contributed by atoms with Gasteiger partial charge in [-0.25, -0.2) is 0 Å². The van der Waals surface area contributed by atoms with E-state index in [9.17, 15) is 4.79 Å². The van der Waals surface area contributed by atoms with Crippen LogP contribution >= 0.6 is 0 Å². The highest BCUT2D eigenvalue weighted by molar-refractivity contribution is 5.85. The summed E-state index contributed by atoms with van der Waals surface area (Å²) in [5.74, 6) is 0.0503. The van der Waals surface area contributed by atoms with Gasteiger partial charge in [0.25, 0.3) is 0 Å². The average Bonchev–Trinajstić information content (AvgIpc) is 2.82. The fourth-order valence-corrected chi connectivity index (χ4v) is 1.59. The molecule has 1 unspecified atom stereocenters. The van der Waals surface area contributed by atoms with Gasteiger partial charge in [0.05, 0.1) is 6.61 Å². The van der Waals surface area contributed by atoms with Crippen molar-refractivity contribution in [2.75, 3.05) is 20.8 Å². The van der Waals surface area contributed by atoms with Crippen molar-refractivity contribution in [3.63, 3.8) is 0 Å². The van der Waals surface area contributed by atoms with Crippen LogP contribution in [0.4, 0.5) is 0 Å². The number of hydrogen-bond donors (Lipinski definition) is 2. The van der Waals surface area contributed by atoms with E-state index in [0.717, 1.165) is 12.8 Å². The minimum absolute atomic E-state index is 0.311. The van der Waals surface area contributed by atoms with E-state index in [1.165, 1.54) is 0 Å². The maximum Gasteiger partial charge on any atom is 0.240 e. The first-order valence-electron chi connectivity index (χ1n) is 4.15. The van der Waals surface area contributed by atoms with E-state index >= 15 is 0 Å². The van der Waals surface area contributed by atoms with E-state index in [4.69, 9.17) is 10.5 Å². The van der Waals surface area contributed by atoms with Gasteiger partial charge in [0, 0.05) is 7.11 Å². The van der Waals surface area contributed by atoms with Crippen LogP contribution in [0.5, 0.6) is 0 Å². The summed E-state index contributed by atoms with van der Waals surface area (Å²) >= 11 is 0. The van der Waals surface area contributed by atoms with Crippen LogP contribution in [-0.4, -0.2) is 32.2 Å². The summed E-state index contributed by atoms with van der Waals surface area (Å²) < 4.78 is 5.00. The van der Waals surface area contributed by atoms with Gasteiger partial charge in [0.2, 0.25) is 5.91 Å². The largest absolute Gasteiger partial charge is 0.382 e. The minimum atomic E-state index is -0.630. The maximum absolute atomic E-state index is 11.2. The molecule has 0 bridgehead atoms. The normalized spacial score (nSPS) is 21.8. The third-order valence-corrected chi connectivity index (χ3v) is 2.53. The number of methoxy groups -OCH3 is 1. The number of rotatable bonds is 5. The van der Waals surface area contributed by atoms with Crippen LogP contribution in [0.15, 0.2) is 0 Å². The molecule has 0 radical (unpaired) electrons. The lowest BCUT2D eigenvalue weighted by Crippen LogP contribution is -2.59. The highest BCUT2D eigenvalue weighted by Crippen LogP contribution is 2.39. The van der Waals surface area contributed by atoms with Crippen LogP contribution in [0.1, 0.15) is 12.8 Å². The van der Waals surface area contributed by atoms with Gasteiger partial charge in [-0.1, -0.05) is 0 Å². The van der Waals surface area contributed by atoms with E-state index in [-0.39, 0.29) is 5.91 Å². The van der Waals surface area contributed by atoms with Crippen LogP contribution in [0, 0.1) is 5.92 Å². The van der Waals surface area contributed by atoms with Crippen molar-refractivity contribution in [2.24, 2.45) is 11.7 Å². The number of nitrogens with two attached hydrogens (primary N) is 1. The number of likely N-dealkylation sites (N-methyl/N-ethyl adjacent to an activating group) is 1. The first-order chi connectivity index (χ1) is 5.67. The molecule has 1 atom stereocenters. The summed E-state index contributed by atoms with van der Waals surface area (Å²) in [4.78, 5) is 11.2. The molecule has 1 fully saturated rings. The second-order valence-electron chi connectivity index (χ2n) is 3.29. The zero-order chi connectivity index (χ0) is 9.19. The van der Waals surface area contributed by atoms with Gasteiger partial charge in [0.1, 0.15) is 5.54 Å². The summed E-state index contributed by atoms with van der Waals surface area (Å²) in [6.07, 6.45) is 2.13. The predicted molar refractivity (Wildman–Crippen MR) is 45.6 cm³/mol.